The molecular weight excluding hydrogens is 380 g/mol. The van der Waals surface area contributed by atoms with Gasteiger partial charge < -0.3 is 19.8 Å². The first-order valence-corrected chi connectivity index (χ1v) is 10.7. The van der Waals surface area contributed by atoms with Gasteiger partial charge in [0.05, 0.1) is 5.39 Å². The Balaban J connectivity index is 1.82. The molecule has 6 heteroatoms. The third-order valence-corrected chi connectivity index (χ3v) is 5.62. The standard InChI is InChI=1S/C24H34N2O4/c1-8-16-11-20(27)30-19-10-14(2)9-18(21(16)19)29-15(3)22(28)25-17-12-23(4,5)26-24(6,7)13-17/h9-11,15,17,26H,8,12-13H2,1-7H3,(H,25,28)/t15-/m1/s1. The van der Waals surface area contributed by atoms with Crippen molar-refractivity contribution in [1.29, 1.82) is 0 Å². The van der Waals surface area contributed by atoms with E-state index >= 15 is 0 Å². The molecule has 1 fully saturated rings. The monoisotopic (exact) mass is 414 g/mol. The number of benzene rings is 1. The van der Waals surface area contributed by atoms with Crippen molar-refractivity contribution in [3.8, 4) is 5.75 Å². The number of hydrogen-bond donors (Lipinski definition) is 2. The maximum absolute atomic E-state index is 12.9. The zero-order valence-electron chi connectivity index (χ0n) is 19.1. The molecule has 2 heterocycles. The molecule has 0 bridgehead atoms. The molecule has 0 radical (unpaired) electrons. The molecule has 164 valence electrons. The van der Waals surface area contributed by atoms with Crippen molar-refractivity contribution in [3.63, 3.8) is 0 Å². The number of nitrogens with one attached hydrogen (secondary N) is 2. The Kier molecular flexibility index (Phi) is 6.01. The van der Waals surface area contributed by atoms with Crippen molar-refractivity contribution in [2.45, 2.75) is 91.0 Å². The van der Waals surface area contributed by atoms with Crippen LogP contribution in [0.25, 0.3) is 11.0 Å². The van der Waals surface area contributed by atoms with Crippen LogP contribution in [0.3, 0.4) is 0 Å². The molecule has 0 unspecified atom stereocenters. The molecule has 3 rings (SSSR count). The number of carbonyl (C=O) groups is 1. The first kappa shape index (κ1) is 22.3. The van der Waals surface area contributed by atoms with Gasteiger partial charge in [0.2, 0.25) is 0 Å². The maximum Gasteiger partial charge on any atom is 0.336 e. The van der Waals surface area contributed by atoms with Crippen LogP contribution in [0.5, 0.6) is 5.75 Å². The normalized spacial score (nSPS) is 19.4. The first-order chi connectivity index (χ1) is 13.9. The molecule has 1 aliphatic heterocycles. The van der Waals surface area contributed by atoms with Crippen LogP contribution in [0.2, 0.25) is 0 Å². The van der Waals surface area contributed by atoms with Gasteiger partial charge in [-0.05, 0) is 84.1 Å². The van der Waals surface area contributed by atoms with Gasteiger partial charge in [-0.2, -0.15) is 0 Å². The fraction of sp³-hybridized carbons (Fsp3) is 0.583. The second-order valence-corrected chi connectivity index (χ2v) is 9.85. The van der Waals surface area contributed by atoms with Crippen LogP contribution in [0.1, 0.15) is 65.5 Å². The van der Waals surface area contributed by atoms with Gasteiger partial charge in [-0.3, -0.25) is 4.79 Å². The maximum atomic E-state index is 12.9. The summed E-state index contributed by atoms with van der Waals surface area (Å²) in [4.78, 5) is 24.8. The topological polar surface area (TPSA) is 80.6 Å². The molecule has 1 aliphatic rings. The van der Waals surface area contributed by atoms with Crippen molar-refractivity contribution < 1.29 is 13.9 Å². The molecule has 2 N–H and O–H groups in total. The number of hydrogen-bond acceptors (Lipinski definition) is 5. The molecule has 1 amide bonds. The van der Waals surface area contributed by atoms with Crippen molar-refractivity contribution in [3.05, 3.63) is 39.7 Å². The Morgan fingerprint density at radius 3 is 2.47 bits per heavy atom. The number of aryl methyl sites for hydroxylation is 2. The van der Waals surface area contributed by atoms with Crippen LogP contribution >= 0.6 is 0 Å². The number of amides is 1. The van der Waals surface area contributed by atoms with Gasteiger partial charge in [-0.1, -0.05) is 6.92 Å². The molecule has 1 aromatic heterocycles. The minimum Gasteiger partial charge on any atom is -0.480 e. The van der Waals surface area contributed by atoms with Crippen LogP contribution in [-0.4, -0.2) is 29.1 Å². The van der Waals surface area contributed by atoms with E-state index in [1.54, 1.807) is 6.92 Å². The highest BCUT2D eigenvalue weighted by Gasteiger charge is 2.38. The predicted octanol–water partition coefficient (Wildman–Crippen LogP) is 3.86. The summed E-state index contributed by atoms with van der Waals surface area (Å²) in [7, 11) is 0. The minimum atomic E-state index is -0.673. The van der Waals surface area contributed by atoms with Gasteiger partial charge in [0.25, 0.3) is 5.91 Å². The lowest BCUT2D eigenvalue weighted by molar-refractivity contribution is -0.128. The zero-order valence-corrected chi connectivity index (χ0v) is 19.1. The van der Waals surface area contributed by atoms with Crippen molar-refractivity contribution in [2.24, 2.45) is 0 Å². The highest BCUT2D eigenvalue weighted by Crippen LogP contribution is 2.32. The fourth-order valence-electron chi connectivity index (χ4n) is 4.83. The summed E-state index contributed by atoms with van der Waals surface area (Å²) in [5.41, 5.74) is 1.77. The van der Waals surface area contributed by atoms with Crippen LogP contribution < -0.4 is 21.0 Å². The van der Waals surface area contributed by atoms with Gasteiger partial charge >= 0.3 is 5.63 Å². The molecule has 30 heavy (non-hydrogen) atoms. The van der Waals surface area contributed by atoms with E-state index in [1.807, 2.05) is 26.0 Å². The van der Waals surface area contributed by atoms with Crippen molar-refractivity contribution in [1.82, 2.24) is 10.6 Å². The second-order valence-electron chi connectivity index (χ2n) is 9.85. The first-order valence-electron chi connectivity index (χ1n) is 10.7. The number of carbonyl (C=O) groups excluding carboxylic acids is 1. The highest BCUT2D eigenvalue weighted by atomic mass is 16.5. The molecule has 0 saturated carbocycles. The molecular formula is C24H34N2O4. The molecule has 1 saturated heterocycles. The van der Waals surface area contributed by atoms with E-state index in [-0.39, 0.29) is 28.7 Å². The lowest BCUT2D eigenvalue weighted by Gasteiger charge is -2.46. The van der Waals surface area contributed by atoms with E-state index in [4.69, 9.17) is 9.15 Å². The third kappa shape index (κ3) is 5.04. The summed E-state index contributed by atoms with van der Waals surface area (Å²) < 4.78 is 11.5. The van der Waals surface area contributed by atoms with Crippen LogP contribution in [0.15, 0.2) is 27.4 Å². The summed E-state index contributed by atoms with van der Waals surface area (Å²) in [6.45, 7) is 14.3. The Morgan fingerprint density at radius 1 is 1.23 bits per heavy atom. The fourth-order valence-corrected chi connectivity index (χ4v) is 4.83. The van der Waals surface area contributed by atoms with E-state index in [0.29, 0.717) is 17.8 Å². The second kappa shape index (κ2) is 8.06. The summed E-state index contributed by atoms with van der Waals surface area (Å²) in [6.07, 6.45) is 1.70. The Bertz CT molecular complexity index is 990. The number of ether oxygens (including phenoxy) is 1. The van der Waals surface area contributed by atoms with Crippen LogP contribution in [-0.2, 0) is 11.2 Å². The smallest absolute Gasteiger partial charge is 0.336 e. The summed E-state index contributed by atoms with van der Waals surface area (Å²) >= 11 is 0. The van der Waals surface area contributed by atoms with Crippen LogP contribution in [0, 0.1) is 6.92 Å². The Hall–Kier alpha value is -2.34. The van der Waals surface area contributed by atoms with Gasteiger partial charge in [0.15, 0.2) is 6.10 Å². The average Bonchev–Trinajstić information content (AvgIpc) is 2.57. The molecule has 0 spiro atoms. The molecule has 0 aliphatic carbocycles. The minimum absolute atomic E-state index is 0.0515. The van der Waals surface area contributed by atoms with E-state index in [9.17, 15) is 9.59 Å². The lowest BCUT2D eigenvalue weighted by atomic mass is 9.79. The number of rotatable bonds is 5. The summed E-state index contributed by atoms with van der Waals surface area (Å²) in [5, 5.41) is 7.56. The van der Waals surface area contributed by atoms with Crippen LogP contribution in [0.4, 0.5) is 0 Å². The highest BCUT2D eigenvalue weighted by molar-refractivity contribution is 5.88. The van der Waals surface area contributed by atoms with Gasteiger partial charge in [-0.25, -0.2) is 4.79 Å². The van der Waals surface area contributed by atoms with E-state index in [1.165, 1.54) is 6.07 Å². The van der Waals surface area contributed by atoms with E-state index in [0.717, 1.165) is 29.4 Å². The Labute approximate surface area is 178 Å². The quantitative estimate of drug-likeness (QED) is 0.726. The van der Waals surface area contributed by atoms with Crippen molar-refractivity contribution in [2.75, 3.05) is 0 Å². The van der Waals surface area contributed by atoms with E-state index < -0.39 is 6.10 Å². The Morgan fingerprint density at radius 2 is 1.87 bits per heavy atom. The molecule has 1 atom stereocenters. The van der Waals surface area contributed by atoms with Gasteiger partial charge in [-0.15, -0.1) is 0 Å². The zero-order chi connectivity index (χ0) is 22.3. The molecule has 1 aromatic carbocycles. The van der Waals surface area contributed by atoms with Gasteiger partial charge in [0.1, 0.15) is 11.3 Å². The van der Waals surface area contributed by atoms with E-state index in [2.05, 4.69) is 38.3 Å². The summed E-state index contributed by atoms with van der Waals surface area (Å²) in [6, 6.07) is 5.29. The predicted molar refractivity (Wildman–Crippen MR) is 119 cm³/mol. The van der Waals surface area contributed by atoms with Gasteiger partial charge in [0, 0.05) is 23.2 Å². The lowest BCUT2D eigenvalue weighted by Crippen LogP contribution is -2.62. The number of fused-ring (bicyclic) bond motifs is 1. The SMILES string of the molecule is CCc1cc(=O)oc2cc(C)cc(O[C@H](C)C(=O)NC3CC(C)(C)NC(C)(C)C3)c12. The van der Waals surface area contributed by atoms with Crippen molar-refractivity contribution >= 4 is 16.9 Å². The summed E-state index contributed by atoms with van der Waals surface area (Å²) in [5.74, 6) is 0.429. The average molecular weight is 415 g/mol. The number of piperidine rings is 1. The largest absolute Gasteiger partial charge is 0.480 e. The third-order valence-electron chi connectivity index (χ3n) is 5.62. The molecule has 6 nitrogen and oxygen atoms in total. The molecule has 2 aromatic rings.